The molecular formula is C29H24N2O2. The maximum absolute atomic E-state index is 13.7. The summed E-state index contributed by atoms with van der Waals surface area (Å²) in [5, 5.41) is 2.94. The summed E-state index contributed by atoms with van der Waals surface area (Å²) < 4.78 is 0. The third kappa shape index (κ3) is 3.80. The van der Waals surface area contributed by atoms with Crippen LogP contribution in [0.15, 0.2) is 91.0 Å². The summed E-state index contributed by atoms with van der Waals surface area (Å²) in [7, 11) is 0. The van der Waals surface area contributed by atoms with E-state index >= 15 is 0 Å². The molecule has 33 heavy (non-hydrogen) atoms. The highest BCUT2D eigenvalue weighted by molar-refractivity contribution is 6.11. The predicted octanol–water partition coefficient (Wildman–Crippen LogP) is 6.38. The number of rotatable bonds is 3. The average molecular weight is 433 g/mol. The Hall–Kier alpha value is -4.18. The molecule has 0 radical (unpaired) electrons. The summed E-state index contributed by atoms with van der Waals surface area (Å²) in [5.74, 6) is -0.245. The maximum atomic E-state index is 13.7. The highest BCUT2D eigenvalue weighted by Crippen LogP contribution is 2.39. The average Bonchev–Trinajstić information content (AvgIpc) is 2.83. The summed E-state index contributed by atoms with van der Waals surface area (Å²) in [4.78, 5) is 28.4. The van der Waals surface area contributed by atoms with E-state index in [1.807, 2.05) is 91.5 Å². The molecule has 1 aliphatic rings. The van der Waals surface area contributed by atoms with Gasteiger partial charge in [0.05, 0.1) is 12.2 Å². The van der Waals surface area contributed by atoms with Crippen molar-refractivity contribution in [2.75, 3.05) is 10.2 Å². The number of anilines is 2. The molecule has 2 amide bonds. The molecule has 1 heterocycles. The van der Waals surface area contributed by atoms with Crippen LogP contribution in [0.1, 0.15) is 37.4 Å². The summed E-state index contributed by atoms with van der Waals surface area (Å²) in [6.07, 6.45) is 0. The highest BCUT2D eigenvalue weighted by atomic mass is 16.2. The molecule has 0 spiro atoms. The number of amides is 2. The van der Waals surface area contributed by atoms with Crippen molar-refractivity contribution in [3.05, 3.63) is 119 Å². The summed E-state index contributed by atoms with van der Waals surface area (Å²) in [6, 6.07) is 29.2. The first-order valence-corrected chi connectivity index (χ1v) is 11.0. The van der Waals surface area contributed by atoms with E-state index in [4.69, 9.17) is 0 Å². The van der Waals surface area contributed by atoms with Crippen molar-refractivity contribution in [1.29, 1.82) is 0 Å². The standard InChI is InChI=1S/C29H24N2O2/c1-19-16-22(17-20(2)27(19)28(32)30-23-11-4-3-5-12-23)29(33)31-18-21-10-6-7-13-24(21)25-14-8-9-15-26(25)31/h3-17H,18H2,1-2H3,(H,30,32). The van der Waals surface area contributed by atoms with Gasteiger partial charge in [-0.25, -0.2) is 0 Å². The first kappa shape index (κ1) is 20.7. The topological polar surface area (TPSA) is 49.4 Å². The van der Waals surface area contributed by atoms with E-state index in [1.54, 1.807) is 0 Å². The Balaban J connectivity index is 1.48. The molecule has 0 fully saturated rings. The molecule has 0 unspecified atom stereocenters. The van der Waals surface area contributed by atoms with Gasteiger partial charge in [-0.2, -0.15) is 0 Å². The lowest BCUT2D eigenvalue weighted by Crippen LogP contribution is -2.33. The van der Waals surface area contributed by atoms with Gasteiger partial charge in [0.25, 0.3) is 11.8 Å². The van der Waals surface area contributed by atoms with Gasteiger partial charge in [0.2, 0.25) is 0 Å². The SMILES string of the molecule is Cc1cc(C(=O)N2Cc3ccccc3-c3ccccc32)cc(C)c1C(=O)Nc1ccccc1. The number of benzene rings is 4. The van der Waals surface area contributed by atoms with Crippen LogP contribution in [0, 0.1) is 13.8 Å². The number of aryl methyl sites for hydroxylation is 2. The van der Waals surface area contributed by atoms with Gasteiger partial charge in [0.15, 0.2) is 0 Å². The number of nitrogens with one attached hydrogen (secondary N) is 1. The van der Waals surface area contributed by atoms with Gasteiger partial charge in [0, 0.05) is 22.4 Å². The largest absolute Gasteiger partial charge is 0.322 e. The molecule has 0 bridgehead atoms. The molecule has 4 aromatic rings. The highest BCUT2D eigenvalue weighted by Gasteiger charge is 2.27. The van der Waals surface area contributed by atoms with Gasteiger partial charge in [-0.15, -0.1) is 0 Å². The van der Waals surface area contributed by atoms with Gasteiger partial charge in [-0.1, -0.05) is 60.7 Å². The number of carbonyl (C=O) groups is 2. The van der Waals surface area contributed by atoms with Gasteiger partial charge < -0.3 is 10.2 Å². The van der Waals surface area contributed by atoms with Crippen LogP contribution in [0.4, 0.5) is 11.4 Å². The van der Waals surface area contributed by atoms with E-state index in [9.17, 15) is 9.59 Å². The van der Waals surface area contributed by atoms with Crippen LogP contribution >= 0.6 is 0 Å². The summed E-state index contributed by atoms with van der Waals surface area (Å²) >= 11 is 0. The van der Waals surface area contributed by atoms with Crippen LogP contribution in [-0.4, -0.2) is 11.8 Å². The van der Waals surface area contributed by atoms with Crippen molar-refractivity contribution >= 4 is 23.2 Å². The molecule has 0 aromatic heterocycles. The van der Waals surface area contributed by atoms with E-state index < -0.39 is 0 Å². The van der Waals surface area contributed by atoms with Crippen LogP contribution < -0.4 is 10.2 Å². The molecule has 1 N–H and O–H groups in total. The Morgan fingerprint density at radius 2 is 1.36 bits per heavy atom. The van der Waals surface area contributed by atoms with Crippen LogP contribution in [0.2, 0.25) is 0 Å². The Morgan fingerprint density at radius 3 is 2.09 bits per heavy atom. The van der Waals surface area contributed by atoms with Crippen molar-refractivity contribution in [2.45, 2.75) is 20.4 Å². The molecule has 4 aromatic carbocycles. The quantitative estimate of drug-likeness (QED) is 0.408. The summed E-state index contributed by atoms with van der Waals surface area (Å²) in [5.41, 5.74) is 7.71. The molecule has 0 saturated carbocycles. The smallest absolute Gasteiger partial charge is 0.258 e. The zero-order valence-electron chi connectivity index (χ0n) is 18.6. The minimum absolute atomic E-state index is 0.0711. The maximum Gasteiger partial charge on any atom is 0.258 e. The molecule has 0 aliphatic carbocycles. The second-order valence-corrected chi connectivity index (χ2v) is 8.37. The van der Waals surface area contributed by atoms with Crippen molar-refractivity contribution in [1.82, 2.24) is 0 Å². The number of fused-ring (bicyclic) bond motifs is 3. The molecule has 162 valence electrons. The van der Waals surface area contributed by atoms with E-state index in [-0.39, 0.29) is 11.8 Å². The van der Waals surface area contributed by atoms with Gasteiger partial charge in [0.1, 0.15) is 0 Å². The Morgan fingerprint density at radius 1 is 0.758 bits per heavy atom. The van der Waals surface area contributed by atoms with E-state index in [2.05, 4.69) is 23.5 Å². The molecular weight excluding hydrogens is 408 g/mol. The normalized spacial score (nSPS) is 12.0. The first-order chi connectivity index (χ1) is 16.0. The van der Waals surface area contributed by atoms with Crippen LogP contribution in [0.25, 0.3) is 11.1 Å². The number of nitrogens with zero attached hydrogens (tertiary/aromatic N) is 1. The molecule has 0 saturated heterocycles. The van der Waals surface area contributed by atoms with Crippen LogP contribution in [0.5, 0.6) is 0 Å². The van der Waals surface area contributed by atoms with Crippen molar-refractivity contribution in [3.63, 3.8) is 0 Å². The lowest BCUT2D eigenvalue weighted by atomic mass is 9.92. The lowest BCUT2D eigenvalue weighted by Gasteiger charge is -2.31. The Labute approximate surface area is 193 Å². The molecule has 0 atom stereocenters. The second-order valence-electron chi connectivity index (χ2n) is 8.37. The zero-order valence-corrected chi connectivity index (χ0v) is 18.6. The lowest BCUT2D eigenvalue weighted by molar-refractivity contribution is 0.0981. The molecule has 1 aliphatic heterocycles. The zero-order chi connectivity index (χ0) is 22.9. The Bertz CT molecular complexity index is 1350. The minimum atomic E-state index is -0.174. The second kappa shape index (κ2) is 8.40. The minimum Gasteiger partial charge on any atom is -0.322 e. The molecule has 4 nitrogen and oxygen atoms in total. The van der Waals surface area contributed by atoms with Crippen molar-refractivity contribution in [3.8, 4) is 11.1 Å². The van der Waals surface area contributed by atoms with Crippen molar-refractivity contribution < 1.29 is 9.59 Å². The number of hydrogen-bond donors (Lipinski definition) is 1. The fourth-order valence-corrected chi connectivity index (χ4v) is 4.61. The van der Waals surface area contributed by atoms with Gasteiger partial charge >= 0.3 is 0 Å². The molecule has 5 rings (SSSR count). The van der Waals surface area contributed by atoms with Crippen LogP contribution in [0.3, 0.4) is 0 Å². The Kier molecular flexibility index (Phi) is 5.27. The number of para-hydroxylation sites is 2. The number of carbonyl (C=O) groups excluding carboxylic acids is 2. The predicted molar refractivity (Wildman–Crippen MR) is 133 cm³/mol. The first-order valence-electron chi connectivity index (χ1n) is 11.0. The summed E-state index contributed by atoms with van der Waals surface area (Å²) in [6.45, 7) is 4.27. The van der Waals surface area contributed by atoms with Gasteiger partial charge in [-0.3, -0.25) is 9.59 Å². The molecule has 4 heteroatoms. The fourth-order valence-electron chi connectivity index (χ4n) is 4.61. The van der Waals surface area contributed by atoms with Crippen LogP contribution in [-0.2, 0) is 6.54 Å². The van der Waals surface area contributed by atoms with Gasteiger partial charge in [-0.05, 0) is 66.4 Å². The van der Waals surface area contributed by atoms with E-state index in [1.165, 1.54) is 0 Å². The third-order valence-corrected chi connectivity index (χ3v) is 6.11. The van der Waals surface area contributed by atoms with E-state index in [0.717, 1.165) is 39.2 Å². The van der Waals surface area contributed by atoms with Crippen molar-refractivity contribution in [2.24, 2.45) is 0 Å². The number of hydrogen-bond acceptors (Lipinski definition) is 2. The monoisotopic (exact) mass is 432 g/mol. The fraction of sp³-hybridized carbons (Fsp3) is 0.103. The third-order valence-electron chi connectivity index (χ3n) is 6.11. The van der Waals surface area contributed by atoms with E-state index in [0.29, 0.717) is 17.7 Å².